The van der Waals surface area contributed by atoms with E-state index in [1.807, 2.05) is 12.1 Å². The van der Waals surface area contributed by atoms with E-state index >= 15 is 0 Å². The van der Waals surface area contributed by atoms with Gasteiger partial charge in [0.05, 0.1) is 6.10 Å². The molecule has 1 N–H and O–H groups in total. The Labute approximate surface area is 97.8 Å². The fraction of sp³-hybridized carbons (Fsp3) is 0.467. The second kappa shape index (κ2) is 4.84. The van der Waals surface area contributed by atoms with Gasteiger partial charge >= 0.3 is 0 Å². The number of aliphatic hydroxyl groups excluding tert-OH is 1. The maximum Gasteiger partial charge on any atom is 0.0761 e. The molecule has 2 rings (SSSR count). The van der Waals surface area contributed by atoms with Gasteiger partial charge in [0.2, 0.25) is 0 Å². The number of allylic oxidation sites excluding steroid dienone is 2. The van der Waals surface area contributed by atoms with Crippen LogP contribution in [0.1, 0.15) is 56.8 Å². The average molecular weight is 216 g/mol. The molecule has 1 aliphatic rings. The van der Waals surface area contributed by atoms with Gasteiger partial charge in [0, 0.05) is 0 Å². The number of hydrogen-bond acceptors (Lipinski definition) is 1. The predicted molar refractivity (Wildman–Crippen MR) is 68.1 cm³/mol. The van der Waals surface area contributed by atoms with E-state index in [-0.39, 0.29) is 6.10 Å². The zero-order valence-corrected chi connectivity index (χ0v) is 10.2. The number of aliphatic hydroxyl groups is 1. The highest BCUT2D eigenvalue weighted by Crippen LogP contribution is 2.32. The minimum atomic E-state index is -0.365. The first-order chi connectivity index (χ1) is 7.68. The molecule has 0 bridgehead atoms. The van der Waals surface area contributed by atoms with E-state index in [4.69, 9.17) is 0 Å². The van der Waals surface area contributed by atoms with Crippen LogP contribution in [0.4, 0.5) is 0 Å². The van der Waals surface area contributed by atoms with Crippen molar-refractivity contribution in [2.24, 2.45) is 0 Å². The molecule has 16 heavy (non-hydrogen) atoms. The molecule has 0 saturated carbocycles. The Morgan fingerprint density at radius 1 is 1.06 bits per heavy atom. The predicted octanol–water partition coefficient (Wildman–Crippen LogP) is 4.09. The third-order valence-electron chi connectivity index (χ3n) is 3.49. The van der Waals surface area contributed by atoms with Gasteiger partial charge in [0.25, 0.3) is 0 Å². The van der Waals surface area contributed by atoms with Gasteiger partial charge in [-0.1, -0.05) is 29.8 Å². The minimum absolute atomic E-state index is 0.365. The standard InChI is InChI=1S/C15H20O/c1-11-5-3-4-6-15(11)14-9-7-13(8-10-14)12(2)16/h7-10,12,16H,3-6H2,1-2H3. The summed E-state index contributed by atoms with van der Waals surface area (Å²) in [5.41, 5.74) is 5.39. The van der Waals surface area contributed by atoms with Crippen LogP contribution in [-0.4, -0.2) is 5.11 Å². The molecule has 0 fully saturated rings. The Hall–Kier alpha value is -1.08. The average Bonchev–Trinajstić information content (AvgIpc) is 2.30. The first-order valence-corrected chi connectivity index (χ1v) is 6.15. The van der Waals surface area contributed by atoms with Gasteiger partial charge in [0.1, 0.15) is 0 Å². The summed E-state index contributed by atoms with van der Waals surface area (Å²) in [6, 6.07) is 8.36. The molecule has 1 unspecified atom stereocenters. The summed E-state index contributed by atoms with van der Waals surface area (Å²) in [4.78, 5) is 0. The third-order valence-corrected chi connectivity index (χ3v) is 3.49. The lowest BCUT2D eigenvalue weighted by molar-refractivity contribution is 0.199. The zero-order chi connectivity index (χ0) is 11.5. The molecule has 1 atom stereocenters. The normalized spacial score (nSPS) is 18.7. The first kappa shape index (κ1) is 11.4. The number of rotatable bonds is 2. The Balaban J connectivity index is 2.27. The zero-order valence-electron chi connectivity index (χ0n) is 10.2. The molecule has 1 aromatic carbocycles. The lowest BCUT2D eigenvalue weighted by Gasteiger charge is -2.18. The highest BCUT2D eigenvalue weighted by Gasteiger charge is 2.11. The SMILES string of the molecule is CC1=C(c2ccc(C(C)O)cc2)CCCC1. The molecule has 1 nitrogen and oxygen atoms in total. The van der Waals surface area contributed by atoms with E-state index in [0.29, 0.717) is 0 Å². The summed E-state index contributed by atoms with van der Waals surface area (Å²) in [7, 11) is 0. The quantitative estimate of drug-likeness (QED) is 0.789. The molecule has 1 aliphatic carbocycles. The van der Waals surface area contributed by atoms with Gasteiger partial charge in [-0.05, 0) is 56.2 Å². The van der Waals surface area contributed by atoms with Crippen LogP contribution in [0.2, 0.25) is 0 Å². The van der Waals surface area contributed by atoms with Crippen LogP contribution in [0.5, 0.6) is 0 Å². The highest BCUT2D eigenvalue weighted by atomic mass is 16.3. The van der Waals surface area contributed by atoms with Gasteiger partial charge in [0.15, 0.2) is 0 Å². The first-order valence-electron chi connectivity index (χ1n) is 6.15. The number of hydrogen-bond donors (Lipinski definition) is 1. The second-order valence-electron chi connectivity index (χ2n) is 4.76. The van der Waals surface area contributed by atoms with E-state index in [0.717, 1.165) is 5.56 Å². The van der Waals surface area contributed by atoms with Gasteiger partial charge in [-0.15, -0.1) is 0 Å². The third kappa shape index (κ3) is 2.35. The van der Waals surface area contributed by atoms with E-state index in [2.05, 4.69) is 19.1 Å². The number of benzene rings is 1. The van der Waals surface area contributed by atoms with Gasteiger partial charge in [-0.2, -0.15) is 0 Å². The maximum absolute atomic E-state index is 9.46. The molecule has 0 amide bonds. The summed E-state index contributed by atoms with van der Waals surface area (Å²) in [5.74, 6) is 0. The summed E-state index contributed by atoms with van der Waals surface area (Å²) in [6.07, 6.45) is 4.73. The molecule has 1 heteroatoms. The minimum Gasteiger partial charge on any atom is -0.389 e. The van der Waals surface area contributed by atoms with E-state index < -0.39 is 0 Å². The van der Waals surface area contributed by atoms with Crippen molar-refractivity contribution in [1.29, 1.82) is 0 Å². The van der Waals surface area contributed by atoms with E-state index in [1.54, 1.807) is 6.92 Å². The molecular weight excluding hydrogens is 196 g/mol. The fourth-order valence-corrected chi connectivity index (χ4v) is 2.41. The van der Waals surface area contributed by atoms with Gasteiger partial charge in [-0.25, -0.2) is 0 Å². The molecule has 86 valence electrons. The molecule has 0 radical (unpaired) electrons. The van der Waals surface area contributed by atoms with Crippen LogP contribution in [0.25, 0.3) is 5.57 Å². The van der Waals surface area contributed by atoms with Crippen molar-refractivity contribution in [3.8, 4) is 0 Å². The maximum atomic E-state index is 9.46. The lowest BCUT2D eigenvalue weighted by Crippen LogP contribution is -1.98. The van der Waals surface area contributed by atoms with Gasteiger partial charge in [-0.3, -0.25) is 0 Å². The Bertz CT molecular complexity index is 384. The van der Waals surface area contributed by atoms with Crippen molar-refractivity contribution in [2.45, 2.75) is 45.6 Å². The smallest absolute Gasteiger partial charge is 0.0761 e. The van der Waals surface area contributed by atoms with Crippen molar-refractivity contribution >= 4 is 5.57 Å². The van der Waals surface area contributed by atoms with Crippen LogP contribution in [0.3, 0.4) is 0 Å². The largest absolute Gasteiger partial charge is 0.389 e. The van der Waals surface area contributed by atoms with Gasteiger partial charge < -0.3 is 5.11 Å². The Morgan fingerprint density at radius 3 is 2.25 bits per heavy atom. The molecule has 0 aromatic heterocycles. The summed E-state index contributed by atoms with van der Waals surface area (Å²) < 4.78 is 0. The van der Waals surface area contributed by atoms with Crippen LogP contribution in [-0.2, 0) is 0 Å². The highest BCUT2D eigenvalue weighted by molar-refractivity contribution is 5.69. The molecule has 0 saturated heterocycles. The Morgan fingerprint density at radius 2 is 1.69 bits per heavy atom. The molecule has 0 heterocycles. The Kier molecular flexibility index (Phi) is 3.45. The monoisotopic (exact) mass is 216 g/mol. The van der Waals surface area contributed by atoms with Crippen LogP contribution in [0, 0.1) is 0 Å². The second-order valence-corrected chi connectivity index (χ2v) is 4.76. The summed E-state index contributed by atoms with van der Waals surface area (Å²) >= 11 is 0. The molecular formula is C15H20O. The fourth-order valence-electron chi connectivity index (χ4n) is 2.41. The molecule has 0 aliphatic heterocycles. The van der Waals surface area contributed by atoms with E-state index in [1.165, 1.54) is 42.4 Å². The van der Waals surface area contributed by atoms with Crippen molar-refractivity contribution in [3.63, 3.8) is 0 Å². The van der Waals surface area contributed by atoms with Crippen LogP contribution < -0.4 is 0 Å². The topological polar surface area (TPSA) is 20.2 Å². The van der Waals surface area contributed by atoms with Crippen molar-refractivity contribution in [2.75, 3.05) is 0 Å². The summed E-state index contributed by atoms with van der Waals surface area (Å²) in [5, 5.41) is 9.46. The van der Waals surface area contributed by atoms with Crippen molar-refractivity contribution in [1.82, 2.24) is 0 Å². The van der Waals surface area contributed by atoms with Crippen molar-refractivity contribution < 1.29 is 5.11 Å². The van der Waals surface area contributed by atoms with Crippen molar-refractivity contribution in [3.05, 3.63) is 41.0 Å². The van der Waals surface area contributed by atoms with Crippen LogP contribution >= 0.6 is 0 Å². The molecule has 1 aromatic rings. The lowest BCUT2D eigenvalue weighted by atomic mass is 9.88. The summed E-state index contributed by atoms with van der Waals surface area (Å²) in [6.45, 7) is 4.05. The van der Waals surface area contributed by atoms with E-state index in [9.17, 15) is 5.11 Å². The molecule has 0 spiro atoms. The van der Waals surface area contributed by atoms with Crippen LogP contribution in [0.15, 0.2) is 29.8 Å².